The van der Waals surface area contributed by atoms with Gasteiger partial charge in [0.2, 0.25) is 0 Å². The number of amides is 1. The second-order valence-corrected chi connectivity index (χ2v) is 6.06. The molecule has 0 unspecified atom stereocenters. The van der Waals surface area contributed by atoms with E-state index in [1.165, 1.54) is 6.07 Å². The SMILES string of the molecule is O=C(NNc1ccc(Cl)cc1)c1cc(O)c(C(=O)OCI)s1. The number of rotatable bonds is 5. The molecule has 9 heteroatoms. The minimum Gasteiger partial charge on any atom is -0.506 e. The van der Waals surface area contributed by atoms with E-state index in [0.29, 0.717) is 10.7 Å². The van der Waals surface area contributed by atoms with E-state index < -0.39 is 11.9 Å². The first-order valence-corrected chi connectivity index (χ1v) is 8.61. The van der Waals surface area contributed by atoms with Gasteiger partial charge in [-0.25, -0.2) is 4.79 Å². The van der Waals surface area contributed by atoms with Gasteiger partial charge in [0.25, 0.3) is 5.91 Å². The summed E-state index contributed by atoms with van der Waals surface area (Å²) >= 11 is 8.48. The third kappa shape index (κ3) is 4.24. The number of thiophene rings is 1. The van der Waals surface area contributed by atoms with Crippen molar-refractivity contribution in [3.63, 3.8) is 0 Å². The molecule has 2 rings (SSSR count). The van der Waals surface area contributed by atoms with E-state index in [1.54, 1.807) is 24.3 Å². The number of carbonyl (C=O) groups is 2. The number of benzene rings is 1. The number of alkyl halides is 1. The summed E-state index contributed by atoms with van der Waals surface area (Å²) in [5, 5.41) is 10.3. The van der Waals surface area contributed by atoms with E-state index in [-0.39, 0.29) is 20.1 Å². The van der Waals surface area contributed by atoms with Crippen molar-refractivity contribution in [1.29, 1.82) is 0 Å². The number of nitrogens with one attached hydrogen (secondary N) is 2. The van der Waals surface area contributed by atoms with E-state index in [4.69, 9.17) is 16.3 Å². The summed E-state index contributed by atoms with van der Waals surface area (Å²) < 4.78 is 4.94. The number of ether oxygens (including phenoxy) is 1. The number of hydrazine groups is 1. The van der Waals surface area contributed by atoms with Crippen LogP contribution < -0.4 is 10.9 Å². The van der Waals surface area contributed by atoms with Crippen molar-refractivity contribution in [1.82, 2.24) is 5.43 Å². The number of hydrogen-bond acceptors (Lipinski definition) is 6. The van der Waals surface area contributed by atoms with Gasteiger partial charge < -0.3 is 9.84 Å². The molecule has 6 nitrogen and oxygen atoms in total. The molecule has 0 saturated heterocycles. The van der Waals surface area contributed by atoms with Crippen LogP contribution in [-0.2, 0) is 4.74 Å². The third-order valence-corrected chi connectivity index (χ3v) is 4.14. The molecule has 0 saturated carbocycles. The van der Waals surface area contributed by atoms with Gasteiger partial charge in [-0.3, -0.25) is 15.6 Å². The van der Waals surface area contributed by atoms with E-state index in [0.717, 1.165) is 11.3 Å². The number of halogens is 2. The molecule has 2 aromatic rings. The fourth-order valence-corrected chi connectivity index (χ4v) is 2.73. The predicted octanol–water partition coefficient (Wildman–Crippen LogP) is 3.41. The molecule has 1 aromatic carbocycles. The Morgan fingerprint density at radius 2 is 2.00 bits per heavy atom. The number of aromatic hydroxyl groups is 1. The van der Waals surface area contributed by atoms with E-state index in [9.17, 15) is 14.7 Å². The predicted molar refractivity (Wildman–Crippen MR) is 92.8 cm³/mol. The fraction of sp³-hybridized carbons (Fsp3) is 0.0769. The number of anilines is 1. The molecule has 0 aliphatic heterocycles. The van der Waals surface area contributed by atoms with Crippen molar-refractivity contribution < 1.29 is 19.4 Å². The average Bonchev–Trinajstić information content (AvgIpc) is 2.89. The quantitative estimate of drug-likeness (QED) is 0.280. The molecule has 3 N–H and O–H groups in total. The van der Waals surface area contributed by atoms with Crippen LogP contribution in [-0.4, -0.2) is 21.6 Å². The van der Waals surface area contributed by atoms with Crippen molar-refractivity contribution in [3.05, 3.63) is 45.1 Å². The van der Waals surface area contributed by atoms with Crippen molar-refractivity contribution >= 4 is 63.1 Å². The minimum atomic E-state index is -0.665. The molecular formula is C13H10ClIN2O4S. The summed E-state index contributed by atoms with van der Waals surface area (Å²) in [4.78, 5) is 23.7. The molecule has 1 amide bonds. The first kappa shape index (κ1) is 16.8. The Morgan fingerprint density at radius 3 is 2.64 bits per heavy atom. The average molecular weight is 453 g/mol. The van der Waals surface area contributed by atoms with Gasteiger partial charge in [-0.1, -0.05) is 11.6 Å². The van der Waals surface area contributed by atoms with Gasteiger partial charge in [-0.2, -0.15) is 0 Å². The van der Waals surface area contributed by atoms with Gasteiger partial charge in [0.15, 0.2) is 4.88 Å². The molecule has 0 radical (unpaired) electrons. The van der Waals surface area contributed by atoms with Crippen LogP contribution in [0.15, 0.2) is 30.3 Å². The van der Waals surface area contributed by atoms with Crippen molar-refractivity contribution in [3.8, 4) is 5.75 Å². The molecule has 1 aromatic heterocycles. The molecule has 1 heterocycles. The molecule has 0 spiro atoms. The zero-order valence-corrected chi connectivity index (χ0v) is 14.7. The summed E-state index contributed by atoms with van der Waals surface area (Å²) in [5.74, 6) is -1.43. The second-order valence-electron chi connectivity index (χ2n) is 3.95. The van der Waals surface area contributed by atoms with Crippen LogP contribution in [0.5, 0.6) is 5.75 Å². The largest absolute Gasteiger partial charge is 0.506 e. The fourth-order valence-electron chi connectivity index (χ4n) is 1.48. The van der Waals surface area contributed by atoms with Gasteiger partial charge in [-0.15, -0.1) is 11.3 Å². The molecule has 116 valence electrons. The molecule has 0 aliphatic carbocycles. The molecule has 0 bridgehead atoms. The smallest absolute Gasteiger partial charge is 0.352 e. The van der Waals surface area contributed by atoms with Crippen LogP contribution in [0.1, 0.15) is 19.3 Å². The molecule has 0 fully saturated rings. The maximum absolute atomic E-state index is 12.0. The lowest BCUT2D eigenvalue weighted by molar-refractivity contribution is 0.0593. The van der Waals surface area contributed by atoms with Crippen LogP contribution in [0.25, 0.3) is 0 Å². The monoisotopic (exact) mass is 452 g/mol. The highest BCUT2D eigenvalue weighted by atomic mass is 127. The Hall–Kier alpha value is -1.52. The zero-order chi connectivity index (χ0) is 16.1. The highest BCUT2D eigenvalue weighted by Gasteiger charge is 2.20. The van der Waals surface area contributed by atoms with Gasteiger partial charge in [0, 0.05) is 11.1 Å². The number of hydrogen-bond donors (Lipinski definition) is 3. The van der Waals surface area contributed by atoms with E-state index in [1.807, 2.05) is 22.6 Å². The lowest BCUT2D eigenvalue weighted by Crippen LogP contribution is -2.28. The van der Waals surface area contributed by atoms with Crippen molar-refractivity contribution in [2.24, 2.45) is 0 Å². The zero-order valence-electron chi connectivity index (χ0n) is 10.9. The first-order valence-electron chi connectivity index (χ1n) is 5.89. The molecule has 0 atom stereocenters. The van der Waals surface area contributed by atoms with E-state index >= 15 is 0 Å². The van der Waals surface area contributed by atoms with Crippen molar-refractivity contribution in [2.75, 3.05) is 10.0 Å². The van der Waals surface area contributed by atoms with Crippen LogP contribution in [0.2, 0.25) is 5.02 Å². The number of carbonyl (C=O) groups excluding carboxylic acids is 2. The molecule has 0 aliphatic rings. The van der Waals surface area contributed by atoms with Crippen molar-refractivity contribution in [2.45, 2.75) is 0 Å². The van der Waals surface area contributed by atoms with Gasteiger partial charge in [0.1, 0.15) is 10.4 Å². The lowest BCUT2D eigenvalue weighted by atomic mass is 10.3. The maximum Gasteiger partial charge on any atom is 0.352 e. The standard InChI is InChI=1S/C13H10ClIN2O4S/c14-7-1-3-8(4-2-7)16-17-12(19)10-5-9(18)11(22-10)13(20)21-6-15/h1-5,16,18H,6H2,(H,17,19). The summed E-state index contributed by atoms with van der Waals surface area (Å²) in [6.45, 7) is 0. The van der Waals surface area contributed by atoms with Crippen LogP contribution in [0.4, 0.5) is 5.69 Å². The van der Waals surface area contributed by atoms with Crippen LogP contribution >= 0.6 is 45.5 Å². The Labute approximate surface area is 148 Å². The van der Waals surface area contributed by atoms with Crippen LogP contribution in [0, 0.1) is 0 Å². The summed E-state index contributed by atoms with van der Waals surface area (Å²) in [6, 6.07) is 7.94. The van der Waals surface area contributed by atoms with Gasteiger partial charge in [0.05, 0.1) is 10.6 Å². The van der Waals surface area contributed by atoms with Crippen LogP contribution in [0.3, 0.4) is 0 Å². The Morgan fingerprint density at radius 1 is 1.32 bits per heavy atom. The summed E-state index contributed by atoms with van der Waals surface area (Å²) in [6.07, 6.45) is 0. The lowest BCUT2D eigenvalue weighted by Gasteiger charge is -2.07. The molecular weight excluding hydrogens is 443 g/mol. The Balaban J connectivity index is 2.02. The molecule has 22 heavy (non-hydrogen) atoms. The van der Waals surface area contributed by atoms with Gasteiger partial charge in [-0.05, 0) is 46.9 Å². The summed E-state index contributed by atoms with van der Waals surface area (Å²) in [7, 11) is 0. The first-order chi connectivity index (χ1) is 10.5. The van der Waals surface area contributed by atoms with E-state index in [2.05, 4.69) is 10.9 Å². The second kappa shape index (κ2) is 7.65. The summed E-state index contributed by atoms with van der Waals surface area (Å²) in [5.41, 5.74) is 5.80. The highest BCUT2D eigenvalue weighted by Crippen LogP contribution is 2.29. The van der Waals surface area contributed by atoms with Gasteiger partial charge >= 0.3 is 5.97 Å². The minimum absolute atomic E-state index is 0.00620. The normalized spacial score (nSPS) is 10.1. The number of esters is 1. The Kier molecular flexibility index (Phi) is 5.86. The highest BCUT2D eigenvalue weighted by molar-refractivity contribution is 14.1. The maximum atomic E-state index is 12.0. The topological polar surface area (TPSA) is 87.7 Å². The Bertz CT molecular complexity index is 690. The third-order valence-electron chi connectivity index (χ3n) is 2.47.